The van der Waals surface area contributed by atoms with Gasteiger partial charge in [-0.2, -0.15) is 0 Å². The van der Waals surface area contributed by atoms with Crippen LogP contribution in [0.15, 0.2) is 40.0 Å². The maximum atomic E-state index is 3.39. The predicted octanol–water partition coefficient (Wildman–Crippen LogP) is 4.71. The molecule has 0 spiro atoms. The molecule has 0 aliphatic heterocycles. The Balaban J connectivity index is 2.97. The Morgan fingerprint density at radius 1 is 1.13 bits per heavy atom. The second kappa shape index (κ2) is 5.44. The van der Waals surface area contributed by atoms with Gasteiger partial charge in [0.25, 0.3) is 0 Å². The van der Waals surface area contributed by atoms with Crippen LogP contribution in [-0.4, -0.2) is 5.25 Å². The van der Waals surface area contributed by atoms with E-state index in [2.05, 4.69) is 58.6 Å². The van der Waals surface area contributed by atoms with Crippen LogP contribution >= 0.6 is 11.8 Å². The Kier molecular flexibility index (Phi) is 4.50. The fourth-order valence-corrected chi connectivity index (χ4v) is 2.24. The second-order valence-electron chi connectivity index (χ2n) is 4.45. The zero-order valence-corrected chi connectivity index (χ0v) is 11.1. The average molecular weight is 220 g/mol. The molecule has 0 radical (unpaired) electrons. The minimum absolute atomic E-state index is 0.550. The first-order chi connectivity index (χ1) is 7.00. The first kappa shape index (κ1) is 12.4. The topological polar surface area (TPSA) is 0 Å². The van der Waals surface area contributed by atoms with Gasteiger partial charge in [0.15, 0.2) is 0 Å². The number of hydrogen-bond donors (Lipinski definition) is 0. The van der Waals surface area contributed by atoms with Crippen LogP contribution in [-0.2, 0) is 0 Å². The van der Waals surface area contributed by atoms with E-state index in [9.17, 15) is 0 Å². The van der Waals surface area contributed by atoms with E-state index in [4.69, 9.17) is 0 Å². The van der Waals surface area contributed by atoms with Crippen LogP contribution in [0.4, 0.5) is 0 Å². The molecule has 1 aliphatic rings. The van der Waals surface area contributed by atoms with Crippen LogP contribution in [0.25, 0.3) is 0 Å². The zero-order valence-electron chi connectivity index (χ0n) is 10.3. The molecule has 0 aromatic rings. The third kappa shape index (κ3) is 3.77. The summed E-state index contributed by atoms with van der Waals surface area (Å²) in [6, 6.07) is 0. The van der Waals surface area contributed by atoms with E-state index >= 15 is 0 Å². The Morgan fingerprint density at radius 2 is 1.80 bits per heavy atom. The van der Waals surface area contributed by atoms with Crippen LogP contribution in [0.3, 0.4) is 0 Å². The Labute approximate surface area is 97.8 Å². The molecule has 0 saturated carbocycles. The average Bonchev–Trinajstić information content (AvgIpc) is 2.29. The molecule has 0 nitrogen and oxygen atoms in total. The van der Waals surface area contributed by atoms with E-state index in [1.165, 1.54) is 16.1 Å². The van der Waals surface area contributed by atoms with Gasteiger partial charge in [-0.15, -0.1) is 17.5 Å². The van der Waals surface area contributed by atoms with Crippen molar-refractivity contribution in [2.24, 2.45) is 5.92 Å². The summed E-state index contributed by atoms with van der Waals surface area (Å²) < 4.78 is 0. The minimum Gasteiger partial charge on any atom is -0.122 e. The Hall–Kier alpha value is -0.650. The van der Waals surface area contributed by atoms with Crippen molar-refractivity contribution in [1.82, 2.24) is 0 Å². The van der Waals surface area contributed by atoms with Gasteiger partial charge in [-0.25, -0.2) is 0 Å². The standard InChI is InChI=1S/C14H20S/c1-10(2)13-7-6-12(5)14(9-8-13)15-11(3)4/h6-7,9-11H,1-5H3. The first-order valence-electron chi connectivity index (χ1n) is 5.53. The van der Waals surface area contributed by atoms with Gasteiger partial charge in [-0.1, -0.05) is 39.8 Å². The summed E-state index contributed by atoms with van der Waals surface area (Å²) in [7, 11) is 0. The van der Waals surface area contributed by atoms with Gasteiger partial charge in [0, 0.05) is 10.2 Å². The van der Waals surface area contributed by atoms with Crippen molar-refractivity contribution in [3.63, 3.8) is 0 Å². The van der Waals surface area contributed by atoms with Crippen LogP contribution in [0.1, 0.15) is 34.6 Å². The highest BCUT2D eigenvalue weighted by atomic mass is 32.2. The number of allylic oxidation sites excluding steroid dienone is 4. The third-order valence-corrected chi connectivity index (χ3v) is 3.42. The third-order valence-electron chi connectivity index (χ3n) is 2.26. The molecule has 0 N–H and O–H groups in total. The first-order valence-corrected chi connectivity index (χ1v) is 6.41. The Morgan fingerprint density at radius 3 is 2.33 bits per heavy atom. The zero-order chi connectivity index (χ0) is 11.4. The van der Waals surface area contributed by atoms with Gasteiger partial charge in [-0.3, -0.25) is 0 Å². The maximum absolute atomic E-state index is 3.39. The summed E-state index contributed by atoms with van der Waals surface area (Å²) in [5, 5.41) is 0.627. The molecule has 0 amide bonds. The predicted molar refractivity (Wildman–Crippen MR) is 71.0 cm³/mol. The molecule has 0 aromatic carbocycles. The van der Waals surface area contributed by atoms with Crippen LogP contribution in [0, 0.1) is 5.92 Å². The van der Waals surface area contributed by atoms with Gasteiger partial charge in [0.2, 0.25) is 0 Å². The lowest BCUT2D eigenvalue weighted by Gasteiger charge is -2.06. The monoisotopic (exact) mass is 220 g/mol. The summed E-state index contributed by atoms with van der Waals surface area (Å²) in [6.07, 6.45) is 6.52. The lowest BCUT2D eigenvalue weighted by molar-refractivity contribution is 0.793. The smallest absolute Gasteiger partial charge is 0.0181 e. The van der Waals surface area contributed by atoms with E-state index in [-0.39, 0.29) is 0 Å². The lowest BCUT2D eigenvalue weighted by atomic mass is 10.0. The van der Waals surface area contributed by atoms with E-state index in [1.807, 2.05) is 11.8 Å². The van der Waals surface area contributed by atoms with Crippen LogP contribution in [0.5, 0.6) is 0 Å². The van der Waals surface area contributed by atoms with Crippen molar-refractivity contribution in [2.75, 3.05) is 0 Å². The molecule has 0 bridgehead atoms. The largest absolute Gasteiger partial charge is 0.122 e. The summed E-state index contributed by atoms with van der Waals surface area (Å²) in [4.78, 5) is 1.34. The van der Waals surface area contributed by atoms with Gasteiger partial charge in [0.05, 0.1) is 0 Å². The molecule has 0 aromatic heterocycles. The molecule has 1 heteroatoms. The highest BCUT2D eigenvalue weighted by molar-refractivity contribution is 8.03. The molecular formula is C14H20S. The van der Waals surface area contributed by atoms with E-state index in [0.29, 0.717) is 11.2 Å². The van der Waals surface area contributed by atoms with Gasteiger partial charge in [-0.05, 0) is 30.1 Å². The highest BCUT2D eigenvalue weighted by Gasteiger charge is 2.05. The maximum Gasteiger partial charge on any atom is 0.0181 e. The Bertz CT molecular complexity index is 348. The molecule has 1 rings (SSSR count). The summed E-state index contributed by atoms with van der Waals surface area (Å²) in [5.41, 5.74) is 6.02. The molecule has 82 valence electrons. The van der Waals surface area contributed by atoms with Crippen molar-refractivity contribution in [1.29, 1.82) is 0 Å². The lowest BCUT2D eigenvalue weighted by Crippen LogP contribution is -1.87. The molecule has 15 heavy (non-hydrogen) atoms. The minimum atomic E-state index is 0.550. The van der Waals surface area contributed by atoms with Gasteiger partial charge in [0.1, 0.15) is 0 Å². The molecule has 0 fully saturated rings. The van der Waals surface area contributed by atoms with E-state index in [1.54, 1.807) is 0 Å². The normalized spacial score (nSPS) is 16.3. The van der Waals surface area contributed by atoms with Gasteiger partial charge < -0.3 is 0 Å². The van der Waals surface area contributed by atoms with Crippen molar-refractivity contribution < 1.29 is 0 Å². The van der Waals surface area contributed by atoms with Crippen molar-refractivity contribution in [3.05, 3.63) is 40.0 Å². The van der Waals surface area contributed by atoms with E-state index < -0.39 is 0 Å². The highest BCUT2D eigenvalue weighted by Crippen LogP contribution is 2.28. The van der Waals surface area contributed by atoms with Crippen molar-refractivity contribution in [3.8, 4) is 0 Å². The summed E-state index contributed by atoms with van der Waals surface area (Å²) >= 11 is 1.91. The number of hydrogen-bond acceptors (Lipinski definition) is 1. The fourth-order valence-electron chi connectivity index (χ4n) is 1.35. The molecular weight excluding hydrogens is 200 g/mol. The molecule has 1 aliphatic carbocycles. The fraction of sp³-hybridized carbons (Fsp3) is 0.500. The van der Waals surface area contributed by atoms with Gasteiger partial charge >= 0.3 is 0 Å². The molecule has 0 saturated heterocycles. The number of rotatable bonds is 3. The molecule has 0 heterocycles. The quantitative estimate of drug-likeness (QED) is 0.621. The molecule has 0 unspecified atom stereocenters. The van der Waals surface area contributed by atoms with Crippen molar-refractivity contribution in [2.45, 2.75) is 39.9 Å². The summed E-state index contributed by atoms with van der Waals surface area (Å²) in [5.74, 6) is 0.550. The van der Waals surface area contributed by atoms with Crippen LogP contribution < -0.4 is 0 Å². The second-order valence-corrected chi connectivity index (χ2v) is 6.06. The van der Waals surface area contributed by atoms with Crippen molar-refractivity contribution >= 4 is 11.8 Å². The van der Waals surface area contributed by atoms with Crippen LogP contribution in [0.2, 0.25) is 0 Å². The van der Waals surface area contributed by atoms with E-state index in [0.717, 1.165) is 0 Å². The summed E-state index contributed by atoms with van der Waals surface area (Å²) in [6.45, 7) is 11.0. The SMILES string of the molecule is CC1=C(SC(C)C)C=C=C(C(C)C)C=C1. The number of thioether (sulfide) groups is 1. The molecule has 0 atom stereocenters.